The molecule has 1 aliphatic heterocycles. The highest BCUT2D eigenvalue weighted by Crippen LogP contribution is 2.22. The molecule has 1 aromatic heterocycles. The quantitative estimate of drug-likeness (QED) is 0.482. The predicted octanol–water partition coefficient (Wildman–Crippen LogP) is -1.51. The molecule has 1 fully saturated rings. The van der Waals surface area contributed by atoms with Crippen LogP contribution in [0.2, 0.25) is 0 Å². The SMILES string of the molecule is C=CCNC(=O)N[C@H]1C[C@@H](C(=O)N(C)CC(N)=O)N(C(=O)c2cnccn2)C1. The van der Waals surface area contributed by atoms with E-state index in [9.17, 15) is 19.2 Å². The summed E-state index contributed by atoms with van der Waals surface area (Å²) < 4.78 is 0. The molecule has 2 rings (SSSR count). The number of hydrogen-bond donors (Lipinski definition) is 3. The lowest BCUT2D eigenvalue weighted by Gasteiger charge is -2.26. The summed E-state index contributed by atoms with van der Waals surface area (Å²) in [7, 11) is 1.43. The van der Waals surface area contributed by atoms with Crippen molar-refractivity contribution in [1.29, 1.82) is 0 Å². The van der Waals surface area contributed by atoms with Crippen molar-refractivity contribution < 1.29 is 19.2 Å². The molecule has 0 unspecified atom stereocenters. The van der Waals surface area contributed by atoms with E-state index in [1.165, 1.54) is 36.6 Å². The standard InChI is InChI=1S/C17H23N7O4/c1-3-4-21-17(28)22-11-7-13(16(27)23(2)10-14(18)25)24(9-11)15(26)12-8-19-5-6-20-12/h3,5-6,8,11,13H,1,4,7,9-10H2,2H3,(H2,18,25)(H2,21,22,28)/t11-,13-/m0/s1. The molecule has 2 atom stereocenters. The second-order valence-electron chi connectivity index (χ2n) is 6.30. The van der Waals surface area contributed by atoms with Gasteiger partial charge in [-0.15, -0.1) is 6.58 Å². The van der Waals surface area contributed by atoms with E-state index in [4.69, 9.17) is 5.73 Å². The molecule has 4 N–H and O–H groups in total. The Morgan fingerprint density at radius 1 is 1.39 bits per heavy atom. The molecule has 0 bridgehead atoms. The zero-order chi connectivity index (χ0) is 20.7. The fourth-order valence-corrected chi connectivity index (χ4v) is 2.92. The molecule has 1 aliphatic rings. The molecule has 0 aliphatic carbocycles. The molecule has 150 valence electrons. The molecule has 2 heterocycles. The zero-order valence-corrected chi connectivity index (χ0v) is 15.5. The van der Waals surface area contributed by atoms with Gasteiger partial charge in [0.25, 0.3) is 5.91 Å². The van der Waals surface area contributed by atoms with E-state index < -0.39 is 35.8 Å². The predicted molar refractivity (Wildman–Crippen MR) is 98.8 cm³/mol. The fourth-order valence-electron chi connectivity index (χ4n) is 2.92. The lowest BCUT2D eigenvalue weighted by Crippen LogP contribution is -2.48. The Balaban J connectivity index is 2.18. The summed E-state index contributed by atoms with van der Waals surface area (Å²) in [6, 6.07) is -1.76. The Bertz CT molecular complexity index is 755. The van der Waals surface area contributed by atoms with E-state index in [0.717, 1.165) is 4.90 Å². The summed E-state index contributed by atoms with van der Waals surface area (Å²) in [4.78, 5) is 59.0. The summed E-state index contributed by atoms with van der Waals surface area (Å²) in [5, 5.41) is 5.30. The van der Waals surface area contributed by atoms with E-state index in [1.54, 1.807) is 0 Å². The summed E-state index contributed by atoms with van der Waals surface area (Å²) in [5.74, 6) is -1.61. The lowest BCUT2D eigenvalue weighted by molar-refractivity contribution is -0.137. The number of likely N-dealkylation sites (N-methyl/N-ethyl adjacent to an activating group) is 1. The number of nitrogens with one attached hydrogen (secondary N) is 2. The van der Waals surface area contributed by atoms with Gasteiger partial charge >= 0.3 is 6.03 Å². The number of amides is 5. The largest absolute Gasteiger partial charge is 0.368 e. The highest BCUT2D eigenvalue weighted by molar-refractivity contribution is 5.97. The summed E-state index contributed by atoms with van der Waals surface area (Å²) in [6.07, 6.45) is 5.82. The Hall–Kier alpha value is -3.50. The normalized spacial score (nSPS) is 18.2. The molecule has 0 spiro atoms. The van der Waals surface area contributed by atoms with Gasteiger partial charge in [-0.3, -0.25) is 19.4 Å². The van der Waals surface area contributed by atoms with Gasteiger partial charge in [0.15, 0.2) is 0 Å². The van der Waals surface area contributed by atoms with Crippen LogP contribution in [0.25, 0.3) is 0 Å². The topological polar surface area (TPSA) is 151 Å². The van der Waals surface area contributed by atoms with Crippen molar-refractivity contribution >= 4 is 23.8 Å². The van der Waals surface area contributed by atoms with Crippen molar-refractivity contribution in [3.63, 3.8) is 0 Å². The van der Waals surface area contributed by atoms with Crippen LogP contribution in [0.1, 0.15) is 16.9 Å². The van der Waals surface area contributed by atoms with Crippen molar-refractivity contribution in [2.24, 2.45) is 5.73 Å². The summed E-state index contributed by atoms with van der Waals surface area (Å²) in [5.41, 5.74) is 5.23. The fraction of sp³-hybridized carbons (Fsp3) is 0.412. The van der Waals surface area contributed by atoms with Crippen LogP contribution in [0.15, 0.2) is 31.2 Å². The molecule has 11 heteroatoms. The number of urea groups is 1. The third-order valence-electron chi connectivity index (χ3n) is 4.14. The maximum Gasteiger partial charge on any atom is 0.315 e. The van der Waals surface area contributed by atoms with Crippen molar-refractivity contribution in [3.8, 4) is 0 Å². The number of nitrogens with zero attached hydrogens (tertiary/aromatic N) is 4. The van der Waals surface area contributed by atoms with Crippen LogP contribution in [0.4, 0.5) is 4.79 Å². The first-order valence-corrected chi connectivity index (χ1v) is 8.59. The Kier molecular flexibility index (Phi) is 7.02. The number of hydrogen-bond acceptors (Lipinski definition) is 6. The van der Waals surface area contributed by atoms with Gasteiger partial charge in [0, 0.05) is 32.5 Å². The highest BCUT2D eigenvalue weighted by Gasteiger charge is 2.42. The van der Waals surface area contributed by atoms with Gasteiger partial charge in [0.05, 0.1) is 18.8 Å². The Morgan fingerprint density at radius 3 is 2.75 bits per heavy atom. The molecule has 11 nitrogen and oxygen atoms in total. The Labute approximate surface area is 162 Å². The zero-order valence-electron chi connectivity index (χ0n) is 15.5. The number of carbonyl (C=O) groups is 4. The van der Waals surface area contributed by atoms with Gasteiger partial charge in [-0.1, -0.05) is 6.08 Å². The average Bonchev–Trinajstić information content (AvgIpc) is 3.08. The molecule has 1 saturated heterocycles. The van der Waals surface area contributed by atoms with Gasteiger partial charge in [-0.2, -0.15) is 0 Å². The van der Waals surface area contributed by atoms with Crippen LogP contribution in [0, 0.1) is 0 Å². The van der Waals surface area contributed by atoms with Crippen LogP contribution >= 0.6 is 0 Å². The van der Waals surface area contributed by atoms with Crippen molar-refractivity contribution in [2.75, 3.05) is 26.7 Å². The molecule has 28 heavy (non-hydrogen) atoms. The minimum atomic E-state index is -0.872. The summed E-state index contributed by atoms with van der Waals surface area (Å²) >= 11 is 0. The van der Waals surface area contributed by atoms with Crippen LogP contribution in [-0.2, 0) is 9.59 Å². The number of nitrogens with two attached hydrogens (primary N) is 1. The molecule has 5 amide bonds. The second kappa shape index (κ2) is 9.44. The number of likely N-dealkylation sites (tertiary alicyclic amines) is 1. The molecular weight excluding hydrogens is 366 g/mol. The first-order chi connectivity index (χ1) is 13.3. The van der Waals surface area contributed by atoms with Crippen LogP contribution < -0.4 is 16.4 Å². The number of aromatic nitrogens is 2. The van der Waals surface area contributed by atoms with Crippen LogP contribution in [-0.4, -0.2) is 82.3 Å². The van der Waals surface area contributed by atoms with Gasteiger partial charge in [0.2, 0.25) is 11.8 Å². The van der Waals surface area contributed by atoms with Crippen molar-refractivity contribution in [2.45, 2.75) is 18.5 Å². The molecule has 1 aromatic rings. The first kappa shape index (κ1) is 20.8. The number of primary amides is 1. The maximum absolute atomic E-state index is 12.8. The van der Waals surface area contributed by atoms with E-state index >= 15 is 0 Å². The van der Waals surface area contributed by atoms with Gasteiger partial charge in [0.1, 0.15) is 11.7 Å². The molecular formula is C17H23N7O4. The minimum absolute atomic E-state index is 0.0783. The van der Waals surface area contributed by atoms with Crippen molar-refractivity contribution in [1.82, 2.24) is 30.4 Å². The average molecular weight is 389 g/mol. The second-order valence-corrected chi connectivity index (χ2v) is 6.30. The van der Waals surface area contributed by atoms with Gasteiger partial charge in [-0.05, 0) is 6.42 Å². The smallest absolute Gasteiger partial charge is 0.315 e. The third-order valence-corrected chi connectivity index (χ3v) is 4.14. The minimum Gasteiger partial charge on any atom is -0.368 e. The van der Waals surface area contributed by atoms with E-state index in [2.05, 4.69) is 27.2 Å². The molecule has 0 radical (unpaired) electrons. The maximum atomic E-state index is 12.8. The molecule has 0 saturated carbocycles. The third kappa shape index (κ3) is 5.25. The van der Waals surface area contributed by atoms with Crippen LogP contribution in [0.5, 0.6) is 0 Å². The molecule has 0 aromatic carbocycles. The Morgan fingerprint density at radius 2 is 2.14 bits per heavy atom. The van der Waals surface area contributed by atoms with Crippen molar-refractivity contribution in [3.05, 3.63) is 36.9 Å². The van der Waals surface area contributed by atoms with E-state index in [-0.39, 0.29) is 31.7 Å². The van der Waals surface area contributed by atoms with E-state index in [0.29, 0.717) is 0 Å². The lowest BCUT2D eigenvalue weighted by atomic mass is 10.1. The van der Waals surface area contributed by atoms with Crippen LogP contribution in [0.3, 0.4) is 0 Å². The number of rotatable bonds is 7. The summed E-state index contributed by atoms with van der Waals surface area (Å²) in [6.45, 7) is 3.63. The monoisotopic (exact) mass is 389 g/mol. The number of carbonyl (C=O) groups excluding carboxylic acids is 4. The van der Waals surface area contributed by atoms with Gasteiger partial charge in [-0.25, -0.2) is 9.78 Å². The first-order valence-electron chi connectivity index (χ1n) is 8.59. The highest BCUT2D eigenvalue weighted by atomic mass is 16.2. The van der Waals surface area contributed by atoms with E-state index in [1.807, 2.05) is 0 Å². The van der Waals surface area contributed by atoms with Gasteiger partial charge < -0.3 is 26.2 Å².